The van der Waals surface area contributed by atoms with Gasteiger partial charge >= 0.3 is 6.01 Å². The van der Waals surface area contributed by atoms with Gasteiger partial charge in [-0.15, -0.1) is 11.3 Å². The number of aromatic amines is 1. The molecule has 4 fully saturated rings. The van der Waals surface area contributed by atoms with Gasteiger partial charge in [0.05, 0.1) is 63.2 Å². The zero-order valence-electron chi connectivity index (χ0n) is 41.4. The first-order valence-corrected chi connectivity index (χ1v) is 26.6. The van der Waals surface area contributed by atoms with Gasteiger partial charge in [-0.1, -0.05) is 60.1 Å². The molecule has 3 aromatic heterocycles. The number of rotatable bonds is 14. The molecule has 0 radical (unpaired) electrons. The molecule has 8 heterocycles. The number of nitrogens with zero attached hydrogens (tertiary/aromatic N) is 7. The molecular formula is C54H56ClFN12O6S. The molecular weight excluding hydrogens is 999 g/mol. The molecule has 4 aromatic carbocycles. The number of thiazole rings is 1. The Balaban J connectivity index is 0.791. The van der Waals surface area contributed by atoms with Gasteiger partial charge in [-0.2, -0.15) is 15.1 Å². The van der Waals surface area contributed by atoms with E-state index < -0.39 is 11.9 Å². The number of nitrogens with one attached hydrogen (secondary N) is 3. The van der Waals surface area contributed by atoms with Crippen LogP contribution in [0.1, 0.15) is 60.1 Å². The molecule has 388 valence electrons. The van der Waals surface area contributed by atoms with E-state index in [0.29, 0.717) is 126 Å². The van der Waals surface area contributed by atoms with Crippen LogP contribution in [0.4, 0.5) is 10.2 Å². The highest BCUT2D eigenvalue weighted by Gasteiger charge is 2.50. The van der Waals surface area contributed by atoms with E-state index in [0.717, 1.165) is 40.2 Å². The molecule has 0 aliphatic carbocycles. The Kier molecular flexibility index (Phi) is 13.2. The van der Waals surface area contributed by atoms with Crippen LogP contribution in [0.25, 0.3) is 49.1 Å². The number of ether oxygens (including phenoxy) is 4. The normalized spacial score (nSPS) is 20.4. The third-order valence-corrected chi connectivity index (χ3v) is 16.5. The van der Waals surface area contributed by atoms with Crippen molar-refractivity contribution in [1.82, 2.24) is 45.7 Å². The van der Waals surface area contributed by atoms with Crippen LogP contribution in [-0.4, -0.2) is 117 Å². The largest absolute Gasteiger partial charge is 0.489 e. The standard InChI is InChI=1S/C54H56ClFN12O6S/c1-28-37(56)19-39-36(22-62-65-39)44(28)45-47(55)49-46-48(63-54(74-35-13-16-71-17-14-35)64-52(46)68-34-18-40(59-21-34)42(68)26-73-49)50(45)72-25-31-7-9-32(10-8-31)38(57)23-66(58)24-43(69)67-15-3-4-41(67)53(70)60-20-30-5-11-33(12-6-30)51-29(2)61-27-75-51/h5-12,19,22-23,27,34-35,40-42,59H,3-4,13-18,20-21,24-26,57-58H2,1-2H3,(H,60,70)(H,62,65)/b38-23-/t34?,40-,41?,42?/m0/s1. The van der Waals surface area contributed by atoms with Gasteiger partial charge in [0.1, 0.15) is 49.1 Å². The van der Waals surface area contributed by atoms with Gasteiger partial charge < -0.3 is 50.1 Å². The van der Waals surface area contributed by atoms with Gasteiger partial charge in [-0.3, -0.25) is 14.7 Å². The molecule has 18 nitrogen and oxygen atoms in total. The van der Waals surface area contributed by atoms with Gasteiger partial charge in [0.15, 0.2) is 11.5 Å². The number of amides is 2. The van der Waals surface area contributed by atoms with Crippen LogP contribution in [0.15, 0.2) is 72.5 Å². The van der Waals surface area contributed by atoms with E-state index in [4.69, 9.17) is 52.1 Å². The van der Waals surface area contributed by atoms with Crippen molar-refractivity contribution >= 4 is 68.1 Å². The number of aryl methyl sites for hydroxylation is 1. The van der Waals surface area contributed by atoms with Crippen LogP contribution in [0, 0.1) is 19.7 Å². The van der Waals surface area contributed by atoms with E-state index in [1.165, 1.54) is 17.3 Å². The minimum absolute atomic E-state index is 0.0338. The van der Waals surface area contributed by atoms with Crippen LogP contribution < -0.4 is 41.3 Å². The van der Waals surface area contributed by atoms with Crippen molar-refractivity contribution in [1.29, 1.82) is 0 Å². The van der Waals surface area contributed by atoms with Crippen molar-refractivity contribution < 1.29 is 32.9 Å². The summed E-state index contributed by atoms with van der Waals surface area (Å²) in [5.74, 6) is 6.79. The maximum atomic E-state index is 16.0. The number of hydrogen-bond donors (Lipinski definition) is 5. The van der Waals surface area contributed by atoms with Crippen LogP contribution in [0.5, 0.6) is 17.5 Å². The number of H-pyrrole nitrogens is 1. The number of nitrogens with two attached hydrogens (primary N) is 2. The predicted octanol–water partition coefficient (Wildman–Crippen LogP) is 6.89. The number of carbonyl (C=O) groups excluding carboxylic acids is 2. The monoisotopic (exact) mass is 1050 g/mol. The van der Waals surface area contributed by atoms with E-state index in [9.17, 15) is 9.59 Å². The molecule has 7 N–H and O–H groups in total. The Morgan fingerprint density at radius 2 is 1.87 bits per heavy atom. The first-order chi connectivity index (χ1) is 36.5. The second-order valence-electron chi connectivity index (χ2n) is 19.9. The van der Waals surface area contributed by atoms with Crippen LogP contribution in [0.2, 0.25) is 5.02 Å². The summed E-state index contributed by atoms with van der Waals surface area (Å²) >= 11 is 9.18. The van der Waals surface area contributed by atoms with Crippen molar-refractivity contribution in [2.75, 3.05) is 44.4 Å². The van der Waals surface area contributed by atoms with E-state index in [-0.39, 0.29) is 60.2 Å². The van der Waals surface area contributed by atoms with Crippen molar-refractivity contribution in [3.8, 4) is 39.1 Å². The van der Waals surface area contributed by atoms with Gasteiger partial charge in [-0.25, -0.2) is 15.2 Å². The summed E-state index contributed by atoms with van der Waals surface area (Å²) in [6.07, 6.45) is 6.56. The number of anilines is 1. The van der Waals surface area contributed by atoms with Gasteiger partial charge in [-0.05, 0) is 67.0 Å². The maximum Gasteiger partial charge on any atom is 0.319 e. The third-order valence-electron chi connectivity index (χ3n) is 15.2. The van der Waals surface area contributed by atoms with Gasteiger partial charge in [0.25, 0.3) is 0 Å². The summed E-state index contributed by atoms with van der Waals surface area (Å²) in [4.78, 5) is 46.6. The van der Waals surface area contributed by atoms with E-state index in [1.54, 1.807) is 29.4 Å². The molecule has 5 aliphatic rings. The number of fused-ring (bicyclic) bond motifs is 7. The first-order valence-electron chi connectivity index (χ1n) is 25.3. The predicted molar refractivity (Wildman–Crippen MR) is 283 cm³/mol. The average molecular weight is 1060 g/mol. The fourth-order valence-electron chi connectivity index (χ4n) is 11.3. The highest BCUT2D eigenvalue weighted by Crippen LogP contribution is 2.55. The lowest BCUT2D eigenvalue weighted by molar-refractivity contribution is -0.139. The van der Waals surface area contributed by atoms with E-state index in [1.807, 2.05) is 61.0 Å². The SMILES string of the molecule is Cc1ncsc1-c1ccc(CNC(=O)C2CCCN2C(=O)CN(N)/C=C(\N)c2ccc(COc3c(-c4c(C)c(F)cc5[nH]ncc45)c(Cl)c4c5c(nc(OC6CCOCC6)nc35)N3C5CN[C@@H](C5)C3CO4)cc2)cc1. The average Bonchev–Trinajstić information content (AvgIpc) is 4.30. The lowest BCUT2D eigenvalue weighted by Crippen LogP contribution is -2.53. The lowest BCUT2D eigenvalue weighted by Gasteiger charge is -2.35. The Morgan fingerprint density at radius 1 is 1.07 bits per heavy atom. The Morgan fingerprint density at radius 3 is 2.65 bits per heavy atom. The molecule has 4 saturated heterocycles. The highest BCUT2D eigenvalue weighted by molar-refractivity contribution is 7.13. The van der Waals surface area contributed by atoms with E-state index in [2.05, 4.69) is 30.7 Å². The second kappa shape index (κ2) is 20.2. The fraction of sp³-hybridized carbons (Fsp3) is 0.370. The number of halogens is 2. The molecule has 21 heteroatoms. The van der Waals surface area contributed by atoms with Gasteiger partial charge in [0, 0.05) is 67.3 Å². The summed E-state index contributed by atoms with van der Waals surface area (Å²) in [6.45, 7) is 6.60. The molecule has 0 saturated carbocycles. The zero-order chi connectivity index (χ0) is 51.5. The number of likely N-dealkylation sites (tertiary alicyclic amines) is 1. The number of hydrogen-bond acceptors (Lipinski definition) is 16. The van der Waals surface area contributed by atoms with Crippen molar-refractivity contribution in [2.45, 2.75) is 89.4 Å². The number of benzene rings is 4. The second-order valence-corrected chi connectivity index (χ2v) is 21.1. The minimum atomic E-state index is -0.602. The van der Waals surface area contributed by atoms with Crippen molar-refractivity contribution in [2.24, 2.45) is 11.6 Å². The smallest absolute Gasteiger partial charge is 0.319 e. The maximum absolute atomic E-state index is 16.0. The van der Waals surface area contributed by atoms with E-state index >= 15 is 4.39 Å². The molecule has 12 rings (SSSR count). The Hall–Kier alpha value is -7.10. The molecule has 5 aliphatic heterocycles. The lowest BCUT2D eigenvalue weighted by atomic mass is 9.93. The molecule has 0 spiro atoms. The van der Waals surface area contributed by atoms with Crippen LogP contribution in [-0.2, 0) is 27.5 Å². The number of piperazine rings is 1. The number of carbonyl (C=O) groups is 2. The Bertz CT molecular complexity index is 3370. The summed E-state index contributed by atoms with van der Waals surface area (Å²) in [5, 5.41) is 16.6. The Labute approximate surface area is 440 Å². The van der Waals surface area contributed by atoms with Crippen LogP contribution >= 0.6 is 22.9 Å². The summed E-state index contributed by atoms with van der Waals surface area (Å²) in [5.41, 5.74) is 15.3. The summed E-state index contributed by atoms with van der Waals surface area (Å²) in [7, 11) is 0. The molecule has 2 bridgehead atoms. The first kappa shape index (κ1) is 48.8. The summed E-state index contributed by atoms with van der Waals surface area (Å²) in [6, 6.07) is 16.8. The molecule has 2 amide bonds. The molecule has 75 heavy (non-hydrogen) atoms. The minimum Gasteiger partial charge on any atom is -0.489 e. The fourth-order valence-corrected chi connectivity index (χ4v) is 12.5. The zero-order valence-corrected chi connectivity index (χ0v) is 43.0. The molecule has 4 atom stereocenters. The van der Waals surface area contributed by atoms with Gasteiger partial charge in [0.2, 0.25) is 11.8 Å². The third kappa shape index (κ3) is 9.21. The number of hydrazine groups is 1. The highest BCUT2D eigenvalue weighted by atomic mass is 35.5. The van der Waals surface area contributed by atoms with Crippen LogP contribution in [0.3, 0.4) is 0 Å². The molecule has 7 aromatic rings. The quantitative estimate of drug-likeness (QED) is 0.0552. The molecule has 3 unspecified atom stereocenters. The number of aromatic nitrogens is 5. The summed E-state index contributed by atoms with van der Waals surface area (Å²) < 4.78 is 41.9. The van der Waals surface area contributed by atoms with Crippen molar-refractivity contribution in [3.05, 3.63) is 111 Å². The topological polar surface area (TPSA) is 224 Å². The van der Waals surface area contributed by atoms with Crippen molar-refractivity contribution in [3.63, 3.8) is 0 Å².